The summed E-state index contributed by atoms with van der Waals surface area (Å²) in [5, 5.41) is 0. The smallest absolute Gasteiger partial charge is 0.379 e. The van der Waals surface area contributed by atoms with Crippen molar-refractivity contribution in [1.29, 1.82) is 0 Å². The van der Waals surface area contributed by atoms with Gasteiger partial charge < -0.3 is 4.18 Å². The van der Waals surface area contributed by atoms with Crippen molar-refractivity contribution in [2.24, 2.45) is 0 Å². The van der Waals surface area contributed by atoms with Gasteiger partial charge in [-0.3, -0.25) is 0 Å². The maximum Gasteiger partial charge on any atom is 0.416 e. The summed E-state index contributed by atoms with van der Waals surface area (Å²) in [6.07, 6.45) is -3.12. The average Bonchev–Trinajstić information content (AvgIpc) is 3.16. The second-order valence-electron chi connectivity index (χ2n) is 6.15. The number of rotatable bonds is 5. The zero-order chi connectivity index (χ0) is 20.6. The van der Waals surface area contributed by atoms with Gasteiger partial charge in [0.2, 0.25) is 10.0 Å². The van der Waals surface area contributed by atoms with Gasteiger partial charge >= 0.3 is 16.3 Å². The van der Waals surface area contributed by atoms with E-state index in [4.69, 9.17) is 4.18 Å². The molecule has 2 aromatic rings. The van der Waals surface area contributed by atoms with Crippen LogP contribution in [0.15, 0.2) is 58.3 Å². The van der Waals surface area contributed by atoms with Gasteiger partial charge in [0.1, 0.15) is 10.6 Å². The first-order valence-corrected chi connectivity index (χ1v) is 11.1. The van der Waals surface area contributed by atoms with Crippen LogP contribution in [-0.2, 0) is 26.3 Å². The van der Waals surface area contributed by atoms with Gasteiger partial charge in [-0.15, -0.1) is 0 Å². The lowest BCUT2D eigenvalue weighted by Crippen LogP contribution is -2.27. The Kier molecular flexibility index (Phi) is 5.43. The fraction of sp³-hybridized carbons (Fsp3) is 0.294. The van der Waals surface area contributed by atoms with Crippen LogP contribution in [0.1, 0.15) is 18.4 Å². The van der Waals surface area contributed by atoms with Crippen molar-refractivity contribution in [3.63, 3.8) is 0 Å². The van der Waals surface area contributed by atoms with Gasteiger partial charge in [-0.2, -0.15) is 25.9 Å². The molecule has 152 valence electrons. The first-order valence-electron chi connectivity index (χ1n) is 8.22. The number of hydrogen-bond donors (Lipinski definition) is 0. The molecule has 2 aromatic carbocycles. The third-order valence-electron chi connectivity index (χ3n) is 4.18. The van der Waals surface area contributed by atoms with Crippen molar-refractivity contribution < 1.29 is 34.2 Å². The maximum absolute atomic E-state index is 12.7. The minimum Gasteiger partial charge on any atom is -0.379 e. The van der Waals surface area contributed by atoms with E-state index in [0.29, 0.717) is 19.2 Å². The molecule has 0 aliphatic carbocycles. The second-order valence-corrected chi connectivity index (χ2v) is 9.63. The predicted octanol–water partition coefficient (Wildman–Crippen LogP) is 3.26. The van der Waals surface area contributed by atoms with Gasteiger partial charge in [0.15, 0.2) is 0 Å². The third-order valence-corrected chi connectivity index (χ3v) is 7.36. The predicted molar refractivity (Wildman–Crippen MR) is 93.7 cm³/mol. The largest absolute Gasteiger partial charge is 0.416 e. The van der Waals surface area contributed by atoms with E-state index in [2.05, 4.69) is 0 Å². The van der Waals surface area contributed by atoms with E-state index in [1.54, 1.807) is 0 Å². The van der Waals surface area contributed by atoms with Crippen LogP contribution in [0, 0.1) is 0 Å². The van der Waals surface area contributed by atoms with E-state index in [1.165, 1.54) is 4.31 Å². The van der Waals surface area contributed by atoms with Crippen molar-refractivity contribution >= 4 is 20.1 Å². The molecule has 0 bridgehead atoms. The molecule has 11 heteroatoms. The number of sulfonamides is 1. The molecule has 3 rings (SSSR count). The van der Waals surface area contributed by atoms with E-state index in [9.17, 15) is 30.0 Å². The van der Waals surface area contributed by atoms with Crippen molar-refractivity contribution in [2.45, 2.75) is 28.8 Å². The Morgan fingerprint density at radius 3 is 2.00 bits per heavy atom. The monoisotopic (exact) mass is 435 g/mol. The first kappa shape index (κ1) is 20.6. The molecule has 0 unspecified atom stereocenters. The highest BCUT2D eigenvalue weighted by atomic mass is 32.2. The summed E-state index contributed by atoms with van der Waals surface area (Å²) < 4.78 is 93.8. The van der Waals surface area contributed by atoms with E-state index in [1.807, 2.05) is 0 Å². The molecule has 0 atom stereocenters. The summed E-state index contributed by atoms with van der Waals surface area (Å²) in [6.45, 7) is 0.808. The molecule has 0 spiro atoms. The van der Waals surface area contributed by atoms with Gasteiger partial charge in [-0.25, -0.2) is 8.42 Å². The Hall–Kier alpha value is -2.11. The maximum atomic E-state index is 12.7. The molecule has 1 aliphatic rings. The molecule has 6 nitrogen and oxygen atoms in total. The van der Waals surface area contributed by atoms with Crippen LogP contribution >= 0.6 is 0 Å². The van der Waals surface area contributed by atoms with Crippen LogP contribution in [0.5, 0.6) is 5.75 Å². The SMILES string of the molecule is O=S(=O)(Oc1cccc(C(F)(F)F)c1)c1ccc(S(=O)(=O)N2CCCC2)cc1. The van der Waals surface area contributed by atoms with Crippen LogP contribution in [0.2, 0.25) is 0 Å². The van der Waals surface area contributed by atoms with E-state index in [0.717, 1.165) is 55.3 Å². The molecular weight excluding hydrogens is 419 g/mol. The minimum absolute atomic E-state index is 0.0626. The van der Waals surface area contributed by atoms with Crippen LogP contribution in [-0.4, -0.2) is 34.2 Å². The quantitative estimate of drug-likeness (QED) is 0.674. The van der Waals surface area contributed by atoms with Gasteiger partial charge in [0.05, 0.1) is 10.5 Å². The fourth-order valence-corrected chi connectivity index (χ4v) is 5.19. The second kappa shape index (κ2) is 7.37. The third kappa shape index (κ3) is 4.31. The highest BCUT2D eigenvalue weighted by Gasteiger charge is 2.31. The van der Waals surface area contributed by atoms with Gasteiger partial charge in [0.25, 0.3) is 0 Å². The zero-order valence-corrected chi connectivity index (χ0v) is 16.0. The van der Waals surface area contributed by atoms with Gasteiger partial charge in [-0.1, -0.05) is 6.07 Å². The van der Waals surface area contributed by atoms with Crippen molar-refractivity contribution in [3.8, 4) is 5.75 Å². The van der Waals surface area contributed by atoms with E-state index >= 15 is 0 Å². The zero-order valence-electron chi connectivity index (χ0n) is 14.4. The summed E-state index contributed by atoms with van der Waals surface area (Å²) >= 11 is 0. The lowest BCUT2D eigenvalue weighted by Gasteiger charge is -2.15. The Labute approximate surface area is 160 Å². The standard InChI is InChI=1S/C17H16F3NO5S2/c18-17(19,20)13-4-3-5-14(12-13)26-28(24,25)16-8-6-15(7-9-16)27(22,23)21-10-1-2-11-21/h3-9,12H,1-2,10-11H2. The summed E-state index contributed by atoms with van der Waals surface area (Å²) in [7, 11) is -8.14. The Bertz CT molecular complexity index is 1060. The Morgan fingerprint density at radius 1 is 0.857 bits per heavy atom. The van der Waals surface area contributed by atoms with Crippen molar-refractivity contribution in [3.05, 3.63) is 54.1 Å². The van der Waals surface area contributed by atoms with Gasteiger partial charge in [0, 0.05) is 13.1 Å². The van der Waals surface area contributed by atoms with Crippen LogP contribution in [0.3, 0.4) is 0 Å². The highest BCUT2D eigenvalue weighted by molar-refractivity contribution is 7.89. The molecule has 28 heavy (non-hydrogen) atoms. The molecule has 1 fully saturated rings. The Morgan fingerprint density at radius 2 is 1.43 bits per heavy atom. The van der Waals surface area contributed by atoms with Crippen molar-refractivity contribution in [2.75, 3.05) is 13.1 Å². The number of hydrogen-bond acceptors (Lipinski definition) is 5. The molecule has 1 heterocycles. The van der Waals surface area contributed by atoms with Crippen molar-refractivity contribution in [1.82, 2.24) is 4.31 Å². The molecule has 0 N–H and O–H groups in total. The van der Waals surface area contributed by atoms with Gasteiger partial charge in [-0.05, 0) is 55.3 Å². The number of halogens is 3. The summed E-state index contributed by atoms with van der Waals surface area (Å²) in [4.78, 5) is -0.433. The normalized spacial score (nSPS) is 16.2. The first-order chi connectivity index (χ1) is 13.0. The topological polar surface area (TPSA) is 80.8 Å². The molecular formula is C17H16F3NO5S2. The molecule has 0 amide bonds. The van der Waals surface area contributed by atoms with Crippen LogP contribution in [0.4, 0.5) is 13.2 Å². The molecule has 0 radical (unpaired) electrons. The minimum atomic E-state index is -4.64. The average molecular weight is 435 g/mol. The van der Waals surface area contributed by atoms with Crippen LogP contribution < -0.4 is 4.18 Å². The summed E-state index contributed by atoms with van der Waals surface area (Å²) in [5.41, 5.74) is -1.05. The molecule has 1 saturated heterocycles. The molecule has 1 aliphatic heterocycles. The summed E-state index contributed by atoms with van der Waals surface area (Å²) in [6, 6.07) is 7.84. The fourth-order valence-electron chi connectivity index (χ4n) is 2.75. The summed E-state index contributed by atoms with van der Waals surface area (Å²) in [5.74, 6) is -0.497. The van der Waals surface area contributed by atoms with E-state index in [-0.39, 0.29) is 9.79 Å². The lowest BCUT2D eigenvalue weighted by atomic mass is 10.2. The highest BCUT2D eigenvalue weighted by Crippen LogP contribution is 2.32. The number of benzene rings is 2. The Balaban J connectivity index is 1.83. The number of nitrogens with zero attached hydrogens (tertiary/aromatic N) is 1. The van der Waals surface area contributed by atoms with Crippen LogP contribution in [0.25, 0.3) is 0 Å². The van der Waals surface area contributed by atoms with E-state index < -0.39 is 37.6 Å². The number of alkyl halides is 3. The molecule has 0 saturated carbocycles. The lowest BCUT2D eigenvalue weighted by molar-refractivity contribution is -0.137. The molecule has 0 aromatic heterocycles.